The van der Waals surface area contributed by atoms with Gasteiger partial charge in [-0.05, 0) is 33.4 Å². The largest absolute Gasteiger partial charge is 0.481 e. The van der Waals surface area contributed by atoms with Crippen molar-refractivity contribution in [3.8, 4) is 5.88 Å². The molecule has 0 fully saturated rings. The van der Waals surface area contributed by atoms with E-state index < -0.39 is 6.67 Å². The molecule has 0 spiro atoms. The highest BCUT2D eigenvalue weighted by Gasteiger charge is 2.18. The Bertz CT molecular complexity index is 593. The summed E-state index contributed by atoms with van der Waals surface area (Å²) in [5.41, 5.74) is 1.29. The van der Waals surface area contributed by atoms with Gasteiger partial charge >= 0.3 is 0 Å². The van der Waals surface area contributed by atoms with Crippen molar-refractivity contribution in [3.05, 3.63) is 35.3 Å². The molecule has 0 aliphatic rings. The zero-order chi connectivity index (χ0) is 18.3. The molecule has 1 N–H and O–H groups in total. The van der Waals surface area contributed by atoms with Crippen LogP contribution >= 0.6 is 0 Å². The Morgan fingerprint density at radius 3 is 2.79 bits per heavy atom. The van der Waals surface area contributed by atoms with Gasteiger partial charge in [-0.2, -0.15) is 0 Å². The maximum Gasteiger partial charge on any atom is 0.246 e. The van der Waals surface area contributed by atoms with Crippen molar-refractivity contribution >= 4 is 5.91 Å². The number of alkyl halides is 1. The van der Waals surface area contributed by atoms with Crippen LogP contribution in [0.15, 0.2) is 18.2 Å². The summed E-state index contributed by atoms with van der Waals surface area (Å²) in [7, 11) is 3.35. The Labute approximate surface area is 141 Å². The number of rotatable bonds is 9. The van der Waals surface area contributed by atoms with E-state index >= 15 is 0 Å². The lowest BCUT2D eigenvalue weighted by Crippen LogP contribution is -2.33. The molecule has 0 aliphatic heterocycles. The minimum atomic E-state index is -0.611. The van der Waals surface area contributed by atoms with E-state index in [9.17, 15) is 13.6 Å². The molecule has 1 rings (SSSR count). The second-order valence-electron chi connectivity index (χ2n) is 5.74. The minimum Gasteiger partial charge on any atom is -0.481 e. The van der Waals surface area contributed by atoms with Gasteiger partial charge in [0.25, 0.3) is 0 Å². The van der Waals surface area contributed by atoms with Crippen molar-refractivity contribution in [3.63, 3.8) is 0 Å². The first kappa shape index (κ1) is 20.0. The van der Waals surface area contributed by atoms with E-state index in [2.05, 4.69) is 16.9 Å². The van der Waals surface area contributed by atoms with Gasteiger partial charge < -0.3 is 10.1 Å². The number of aryl methyl sites for hydroxylation is 1. The van der Waals surface area contributed by atoms with Gasteiger partial charge in [0, 0.05) is 30.3 Å². The first-order chi connectivity index (χ1) is 11.3. The van der Waals surface area contributed by atoms with Crippen molar-refractivity contribution in [1.82, 2.24) is 15.2 Å². The lowest BCUT2D eigenvalue weighted by molar-refractivity contribution is -0.117. The zero-order valence-corrected chi connectivity index (χ0v) is 14.7. The van der Waals surface area contributed by atoms with E-state index in [0.29, 0.717) is 30.0 Å². The lowest BCUT2D eigenvalue weighted by atomic mass is 10.1. The SMILES string of the molecule is C=C(CC(C)N(C)Cc1cc(F)c(C)nc1OC)C(=O)NCCF. The highest BCUT2D eigenvalue weighted by atomic mass is 19.1. The molecule has 0 aliphatic carbocycles. The molecule has 1 amide bonds. The van der Waals surface area contributed by atoms with Crippen LogP contribution in [0.4, 0.5) is 8.78 Å². The quantitative estimate of drug-likeness (QED) is 0.701. The average molecular weight is 341 g/mol. The van der Waals surface area contributed by atoms with Gasteiger partial charge in [0.1, 0.15) is 12.5 Å². The summed E-state index contributed by atoms with van der Waals surface area (Å²) in [5.74, 6) is -0.358. The summed E-state index contributed by atoms with van der Waals surface area (Å²) < 4.78 is 31.0. The van der Waals surface area contributed by atoms with E-state index in [0.717, 1.165) is 0 Å². The Balaban J connectivity index is 2.70. The van der Waals surface area contributed by atoms with Gasteiger partial charge in [0.2, 0.25) is 11.8 Å². The standard InChI is InChI=1S/C17H25F2N3O2/c1-11(16(23)20-7-6-18)8-12(2)22(4)10-14-9-15(19)13(3)21-17(14)24-5/h9,12H,1,6-8,10H2,2-5H3,(H,20,23). The van der Waals surface area contributed by atoms with Gasteiger partial charge in [-0.3, -0.25) is 9.69 Å². The van der Waals surface area contributed by atoms with Gasteiger partial charge in [-0.25, -0.2) is 13.8 Å². The number of nitrogens with zero attached hydrogens (tertiary/aromatic N) is 2. The third kappa shape index (κ3) is 5.56. The van der Waals surface area contributed by atoms with Crippen molar-refractivity contribution in [1.29, 1.82) is 0 Å². The molecule has 1 atom stereocenters. The van der Waals surface area contributed by atoms with Crippen LogP contribution in [-0.2, 0) is 11.3 Å². The van der Waals surface area contributed by atoms with Crippen LogP contribution in [0.2, 0.25) is 0 Å². The number of hydrogen-bond donors (Lipinski definition) is 1. The third-order valence-corrected chi connectivity index (χ3v) is 3.80. The fraction of sp³-hybridized carbons (Fsp3) is 0.529. The van der Waals surface area contributed by atoms with E-state index in [1.807, 2.05) is 18.9 Å². The van der Waals surface area contributed by atoms with E-state index in [1.165, 1.54) is 13.2 Å². The fourth-order valence-electron chi connectivity index (χ4n) is 2.20. The van der Waals surface area contributed by atoms with Crippen LogP contribution < -0.4 is 10.1 Å². The van der Waals surface area contributed by atoms with Crippen molar-refractivity contribution < 1.29 is 18.3 Å². The Kier molecular flexibility index (Phi) is 7.78. The molecule has 5 nitrogen and oxygen atoms in total. The number of carbonyl (C=O) groups is 1. The lowest BCUT2D eigenvalue weighted by Gasteiger charge is -2.26. The van der Waals surface area contributed by atoms with Gasteiger partial charge in [-0.1, -0.05) is 6.58 Å². The summed E-state index contributed by atoms with van der Waals surface area (Å²) in [5, 5.41) is 2.45. The third-order valence-electron chi connectivity index (χ3n) is 3.80. The first-order valence-electron chi connectivity index (χ1n) is 7.72. The second-order valence-corrected chi connectivity index (χ2v) is 5.74. The number of hydrogen-bond acceptors (Lipinski definition) is 4. The molecule has 0 radical (unpaired) electrons. The number of ether oxygens (including phenoxy) is 1. The molecule has 1 heterocycles. The average Bonchev–Trinajstić information content (AvgIpc) is 2.55. The molecule has 1 aromatic rings. The van der Waals surface area contributed by atoms with Crippen LogP contribution in [0, 0.1) is 12.7 Å². The fourth-order valence-corrected chi connectivity index (χ4v) is 2.20. The van der Waals surface area contributed by atoms with Crippen LogP contribution in [0.3, 0.4) is 0 Å². The molecular formula is C17H25F2N3O2. The number of pyridine rings is 1. The molecule has 1 aromatic heterocycles. The van der Waals surface area contributed by atoms with Crippen molar-refractivity contribution in [2.45, 2.75) is 32.9 Å². The Morgan fingerprint density at radius 1 is 1.54 bits per heavy atom. The molecule has 0 aromatic carbocycles. The Hall–Kier alpha value is -2.02. The maximum atomic E-state index is 13.7. The topological polar surface area (TPSA) is 54.5 Å². The molecular weight excluding hydrogens is 316 g/mol. The smallest absolute Gasteiger partial charge is 0.246 e. The highest BCUT2D eigenvalue weighted by Crippen LogP contribution is 2.21. The van der Waals surface area contributed by atoms with Crippen molar-refractivity contribution in [2.75, 3.05) is 27.4 Å². The monoisotopic (exact) mass is 341 g/mol. The van der Waals surface area contributed by atoms with Crippen LogP contribution in [-0.4, -0.2) is 49.2 Å². The van der Waals surface area contributed by atoms with Crippen LogP contribution in [0.5, 0.6) is 5.88 Å². The number of carbonyl (C=O) groups excluding carboxylic acids is 1. The van der Waals surface area contributed by atoms with E-state index in [-0.39, 0.29) is 30.0 Å². The van der Waals surface area contributed by atoms with E-state index in [1.54, 1.807) is 6.92 Å². The zero-order valence-electron chi connectivity index (χ0n) is 14.7. The molecule has 1 unspecified atom stereocenters. The number of methoxy groups -OCH3 is 1. The number of amides is 1. The molecule has 24 heavy (non-hydrogen) atoms. The van der Waals surface area contributed by atoms with Gasteiger partial charge in [-0.15, -0.1) is 0 Å². The predicted octanol–water partition coefficient (Wildman–Crippen LogP) is 2.39. The minimum absolute atomic E-state index is 0.0203. The van der Waals surface area contributed by atoms with Crippen LogP contribution in [0.25, 0.3) is 0 Å². The summed E-state index contributed by atoms with van der Waals surface area (Å²) >= 11 is 0. The number of nitrogens with one attached hydrogen (secondary N) is 1. The Morgan fingerprint density at radius 2 is 2.21 bits per heavy atom. The van der Waals surface area contributed by atoms with Crippen molar-refractivity contribution in [2.24, 2.45) is 0 Å². The summed E-state index contributed by atoms with van der Waals surface area (Å²) in [6.45, 7) is 7.02. The number of aromatic nitrogens is 1. The molecule has 0 saturated carbocycles. The normalized spacial score (nSPS) is 12.1. The molecule has 0 saturated heterocycles. The summed E-state index contributed by atoms with van der Waals surface area (Å²) in [6, 6.07) is 1.38. The number of halogens is 2. The second kappa shape index (κ2) is 9.32. The summed E-state index contributed by atoms with van der Waals surface area (Å²) in [6.07, 6.45) is 0.415. The molecule has 7 heteroatoms. The van der Waals surface area contributed by atoms with Gasteiger partial charge in [0.15, 0.2) is 0 Å². The van der Waals surface area contributed by atoms with E-state index in [4.69, 9.17) is 4.74 Å². The van der Waals surface area contributed by atoms with Gasteiger partial charge in [0.05, 0.1) is 12.8 Å². The van der Waals surface area contributed by atoms with Crippen LogP contribution in [0.1, 0.15) is 24.6 Å². The first-order valence-corrected chi connectivity index (χ1v) is 7.72. The highest BCUT2D eigenvalue weighted by molar-refractivity contribution is 5.92. The maximum absolute atomic E-state index is 13.7. The molecule has 134 valence electrons. The predicted molar refractivity (Wildman–Crippen MR) is 89.2 cm³/mol. The summed E-state index contributed by atoms with van der Waals surface area (Å²) in [4.78, 5) is 17.8. The molecule has 0 bridgehead atoms.